The molecular weight excluding hydrogens is 196 g/mol. The van der Waals surface area contributed by atoms with Crippen LogP contribution in [0.5, 0.6) is 0 Å². The van der Waals surface area contributed by atoms with Gasteiger partial charge in [0.15, 0.2) is 0 Å². The van der Waals surface area contributed by atoms with E-state index in [1.54, 1.807) is 0 Å². The van der Waals surface area contributed by atoms with Gasteiger partial charge in [-0.05, 0) is 18.4 Å². The maximum Gasteiger partial charge on any atom is 0.0717 e. The Morgan fingerprint density at radius 2 is 1.81 bits per heavy atom. The van der Waals surface area contributed by atoms with E-state index < -0.39 is 0 Å². The summed E-state index contributed by atoms with van der Waals surface area (Å²) in [7, 11) is 0. The molecule has 0 fully saturated rings. The van der Waals surface area contributed by atoms with E-state index in [9.17, 15) is 0 Å². The first-order chi connectivity index (χ1) is 7.93. The summed E-state index contributed by atoms with van der Waals surface area (Å²) in [4.78, 5) is 0. The number of allylic oxidation sites excluding steroid dienone is 1. The van der Waals surface area contributed by atoms with Crippen LogP contribution in [0.1, 0.15) is 38.2 Å². The van der Waals surface area contributed by atoms with Crippen LogP contribution in [0.15, 0.2) is 42.5 Å². The fourth-order valence-corrected chi connectivity index (χ4v) is 1.47. The zero-order chi connectivity index (χ0) is 11.5. The number of rotatable bonds is 8. The predicted octanol–water partition coefficient (Wildman–Crippen LogP) is 4.34. The van der Waals surface area contributed by atoms with Gasteiger partial charge in [0.05, 0.1) is 13.2 Å². The van der Waals surface area contributed by atoms with E-state index in [1.165, 1.54) is 24.8 Å². The number of benzene rings is 1. The molecule has 0 aliphatic carbocycles. The standard InChI is InChI=1S/C15H22O/c1-2-3-4-5-6-10-13-16-14-15-11-8-7-9-12-15/h5-9,11-12H,2-4,10,13-14H2,1H3/b6-5-. The summed E-state index contributed by atoms with van der Waals surface area (Å²) in [6.45, 7) is 3.76. The Kier molecular flexibility index (Phi) is 7.44. The maximum atomic E-state index is 5.57. The summed E-state index contributed by atoms with van der Waals surface area (Å²) >= 11 is 0. The Morgan fingerprint density at radius 3 is 2.56 bits per heavy atom. The predicted molar refractivity (Wildman–Crippen MR) is 69.4 cm³/mol. The van der Waals surface area contributed by atoms with Crippen molar-refractivity contribution in [2.75, 3.05) is 6.61 Å². The molecule has 1 rings (SSSR count). The third kappa shape index (κ3) is 6.41. The minimum Gasteiger partial charge on any atom is -0.376 e. The molecule has 0 atom stereocenters. The van der Waals surface area contributed by atoms with Crippen LogP contribution in [0.25, 0.3) is 0 Å². The highest BCUT2D eigenvalue weighted by atomic mass is 16.5. The Hall–Kier alpha value is -1.08. The van der Waals surface area contributed by atoms with Gasteiger partial charge in [-0.3, -0.25) is 0 Å². The number of unbranched alkanes of at least 4 members (excludes halogenated alkanes) is 2. The van der Waals surface area contributed by atoms with Gasteiger partial charge in [0.1, 0.15) is 0 Å². The Balaban J connectivity index is 1.98. The van der Waals surface area contributed by atoms with Gasteiger partial charge in [-0.2, -0.15) is 0 Å². The van der Waals surface area contributed by atoms with Gasteiger partial charge < -0.3 is 4.74 Å². The van der Waals surface area contributed by atoms with Crippen molar-refractivity contribution < 1.29 is 4.74 Å². The molecule has 0 heterocycles. The third-order valence-electron chi connectivity index (χ3n) is 2.43. The van der Waals surface area contributed by atoms with Gasteiger partial charge in [0.25, 0.3) is 0 Å². The van der Waals surface area contributed by atoms with E-state index in [0.717, 1.165) is 19.6 Å². The Labute approximate surface area is 99.1 Å². The van der Waals surface area contributed by atoms with Crippen LogP contribution >= 0.6 is 0 Å². The van der Waals surface area contributed by atoms with E-state index in [4.69, 9.17) is 4.74 Å². The topological polar surface area (TPSA) is 9.23 Å². The molecule has 88 valence electrons. The molecule has 0 bridgehead atoms. The van der Waals surface area contributed by atoms with Crippen molar-refractivity contribution >= 4 is 0 Å². The normalized spacial score (nSPS) is 11.1. The fraction of sp³-hybridized carbons (Fsp3) is 0.467. The Bertz CT molecular complexity index is 277. The van der Waals surface area contributed by atoms with E-state index in [2.05, 4.69) is 31.2 Å². The van der Waals surface area contributed by atoms with Crippen LogP contribution in [-0.2, 0) is 11.3 Å². The summed E-state index contributed by atoms with van der Waals surface area (Å²) in [6, 6.07) is 10.3. The molecule has 1 nitrogen and oxygen atoms in total. The minimum absolute atomic E-state index is 0.726. The van der Waals surface area contributed by atoms with E-state index >= 15 is 0 Å². The first kappa shape index (κ1) is 13.0. The van der Waals surface area contributed by atoms with Crippen LogP contribution in [-0.4, -0.2) is 6.61 Å². The highest BCUT2D eigenvalue weighted by Gasteiger charge is 1.89. The summed E-state index contributed by atoms with van der Waals surface area (Å²) in [5, 5.41) is 0. The summed E-state index contributed by atoms with van der Waals surface area (Å²) in [5.74, 6) is 0. The molecule has 0 spiro atoms. The number of hydrogen-bond acceptors (Lipinski definition) is 1. The van der Waals surface area contributed by atoms with E-state index in [0.29, 0.717) is 0 Å². The molecule has 16 heavy (non-hydrogen) atoms. The van der Waals surface area contributed by atoms with Gasteiger partial charge >= 0.3 is 0 Å². The van der Waals surface area contributed by atoms with Crippen LogP contribution in [0.4, 0.5) is 0 Å². The molecule has 0 aliphatic heterocycles. The molecular formula is C15H22O. The lowest BCUT2D eigenvalue weighted by atomic mass is 10.2. The number of hydrogen-bond donors (Lipinski definition) is 0. The second-order valence-corrected chi connectivity index (χ2v) is 3.94. The van der Waals surface area contributed by atoms with Crippen molar-refractivity contribution in [3.8, 4) is 0 Å². The molecule has 1 aromatic carbocycles. The van der Waals surface area contributed by atoms with Crippen molar-refractivity contribution in [3.63, 3.8) is 0 Å². The highest BCUT2D eigenvalue weighted by molar-refractivity contribution is 5.13. The first-order valence-electron chi connectivity index (χ1n) is 6.20. The van der Waals surface area contributed by atoms with Crippen molar-refractivity contribution in [3.05, 3.63) is 48.0 Å². The van der Waals surface area contributed by atoms with Crippen molar-refractivity contribution in [2.45, 2.75) is 39.2 Å². The molecule has 0 aliphatic rings. The molecule has 0 aromatic heterocycles. The molecule has 0 saturated carbocycles. The third-order valence-corrected chi connectivity index (χ3v) is 2.43. The lowest BCUT2D eigenvalue weighted by molar-refractivity contribution is 0.125. The second-order valence-electron chi connectivity index (χ2n) is 3.94. The average Bonchev–Trinajstić information content (AvgIpc) is 2.34. The second kappa shape index (κ2) is 9.17. The van der Waals surface area contributed by atoms with E-state index in [1.807, 2.05) is 18.2 Å². The summed E-state index contributed by atoms with van der Waals surface area (Å²) < 4.78 is 5.57. The van der Waals surface area contributed by atoms with Gasteiger partial charge in [0, 0.05) is 0 Å². The first-order valence-corrected chi connectivity index (χ1v) is 6.20. The summed E-state index contributed by atoms with van der Waals surface area (Å²) in [6.07, 6.45) is 9.28. The maximum absolute atomic E-state index is 5.57. The lowest BCUT2D eigenvalue weighted by Gasteiger charge is -2.01. The fourth-order valence-electron chi connectivity index (χ4n) is 1.47. The van der Waals surface area contributed by atoms with Gasteiger partial charge in [-0.25, -0.2) is 0 Å². The van der Waals surface area contributed by atoms with Crippen LogP contribution in [0, 0.1) is 0 Å². The molecule has 0 saturated heterocycles. The van der Waals surface area contributed by atoms with E-state index in [-0.39, 0.29) is 0 Å². The lowest BCUT2D eigenvalue weighted by Crippen LogP contribution is -1.93. The van der Waals surface area contributed by atoms with Gasteiger partial charge in [-0.1, -0.05) is 62.2 Å². The van der Waals surface area contributed by atoms with Crippen LogP contribution in [0.2, 0.25) is 0 Å². The van der Waals surface area contributed by atoms with Crippen molar-refractivity contribution in [1.29, 1.82) is 0 Å². The quantitative estimate of drug-likeness (QED) is 0.466. The van der Waals surface area contributed by atoms with Crippen molar-refractivity contribution in [2.24, 2.45) is 0 Å². The zero-order valence-corrected chi connectivity index (χ0v) is 10.2. The summed E-state index contributed by atoms with van der Waals surface area (Å²) in [5.41, 5.74) is 1.25. The average molecular weight is 218 g/mol. The smallest absolute Gasteiger partial charge is 0.0717 e. The molecule has 0 unspecified atom stereocenters. The minimum atomic E-state index is 0.726. The van der Waals surface area contributed by atoms with Crippen LogP contribution in [0.3, 0.4) is 0 Å². The van der Waals surface area contributed by atoms with Gasteiger partial charge in [0.2, 0.25) is 0 Å². The van der Waals surface area contributed by atoms with Gasteiger partial charge in [-0.15, -0.1) is 0 Å². The zero-order valence-electron chi connectivity index (χ0n) is 10.2. The molecule has 0 radical (unpaired) electrons. The largest absolute Gasteiger partial charge is 0.376 e. The SMILES string of the molecule is CCCC/C=C\CCOCc1ccccc1. The molecule has 1 aromatic rings. The van der Waals surface area contributed by atoms with Crippen molar-refractivity contribution in [1.82, 2.24) is 0 Å². The number of ether oxygens (including phenoxy) is 1. The molecule has 1 heteroatoms. The molecule has 0 N–H and O–H groups in total. The highest BCUT2D eigenvalue weighted by Crippen LogP contribution is 2.01. The molecule has 0 amide bonds. The monoisotopic (exact) mass is 218 g/mol. The Morgan fingerprint density at radius 1 is 1.06 bits per heavy atom. The van der Waals surface area contributed by atoms with Crippen LogP contribution < -0.4 is 0 Å².